The number of anilines is 2. The minimum atomic E-state index is -3.83. The number of hydrogen-bond acceptors (Lipinski definition) is 6. The SMILES string of the molecule is CSc1ccc(S(=O)(=O)c2cc(C)ccc2NCC(=O)Nc2c(C)n(C)n(-c3ccccc3)c2=O)cc1. The molecule has 0 saturated heterocycles. The van der Waals surface area contributed by atoms with Crippen LogP contribution in [-0.4, -0.2) is 36.5 Å². The number of carbonyl (C=O) groups excluding carboxylic acids is 1. The second-order valence-electron chi connectivity index (χ2n) is 8.52. The smallest absolute Gasteiger partial charge is 0.295 e. The Balaban J connectivity index is 1.56. The monoisotopic (exact) mass is 536 g/mol. The van der Waals surface area contributed by atoms with Crippen LogP contribution in [-0.2, 0) is 21.7 Å². The number of sulfone groups is 1. The van der Waals surface area contributed by atoms with Crippen LogP contribution in [0.1, 0.15) is 11.3 Å². The molecule has 192 valence electrons. The molecule has 0 radical (unpaired) electrons. The van der Waals surface area contributed by atoms with Gasteiger partial charge in [0.1, 0.15) is 5.69 Å². The van der Waals surface area contributed by atoms with Crippen molar-refractivity contribution in [2.24, 2.45) is 7.05 Å². The predicted molar refractivity (Wildman–Crippen MR) is 148 cm³/mol. The summed E-state index contributed by atoms with van der Waals surface area (Å²) < 4.78 is 30.0. The van der Waals surface area contributed by atoms with Gasteiger partial charge in [0, 0.05) is 11.9 Å². The first-order valence-electron chi connectivity index (χ1n) is 11.5. The fourth-order valence-electron chi connectivity index (χ4n) is 3.95. The largest absolute Gasteiger partial charge is 0.375 e. The van der Waals surface area contributed by atoms with Crippen molar-refractivity contribution >= 4 is 38.9 Å². The summed E-state index contributed by atoms with van der Waals surface area (Å²) in [4.78, 5) is 27.1. The summed E-state index contributed by atoms with van der Waals surface area (Å²) in [6.45, 7) is 3.33. The molecule has 4 rings (SSSR count). The Hall–Kier alpha value is -3.76. The third-order valence-electron chi connectivity index (χ3n) is 6.05. The average Bonchev–Trinajstić information content (AvgIpc) is 3.11. The molecule has 0 bridgehead atoms. The summed E-state index contributed by atoms with van der Waals surface area (Å²) >= 11 is 1.53. The van der Waals surface area contributed by atoms with E-state index in [1.165, 1.54) is 16.4 Å². The molecule has 0 fully saturated rings. The summed E-state index contributed by atoms with van der Waals surface area (Å²) in [6.07, 6.45) is 1.92. The summed E-state index contributed by atoms with van der Waals surface area (Å²) in [5.74, 6) is -0.473. The van der Waals surface area contributed by atoms with Gasteiger partial charge in [0.25, 0.3) is 5.56 Å². The van der Waals surface area contributed by atoms with E-state index in [-0.39, 0.29) is 27.6 Å². The maximum Gasteiger partial charge on any atom is 0.295 e. The Kier molecular flexibility index (Phi) is 7.60. The van der Waals surface area contributed by atoms with Gasteiger partial charge in [-0.3, -0.25) is 14.3 Å². The highest BCUT2D eigenvalue weighted by molar-refractivity contribution is 7.98. The molecule has 4 aromatic rings. The first kappa shape index (κ1) is 26.3. The van der Waals surface area contributed by atoms with E-state index >= 15 is 0 Å². The third kappa shape index (κ3) is 5.35. The average molecular weight is 537 g/mol. The minimum absolute atomic E-state index is 0.0829. The molecule has 0 aliphatic heterocycles. The lowest BCUT2D eigenvalue weighted by molar-refractivity contribution is -0.114. The quantitative estimate of drug-likeness (QED) is 0.324. The van der Waals surface area contributed by atoms with Crippen molar-refractivity contribution in [2.45, 2.75) is 28.5 Å². The lowest BCUT2D eigenvalue weighted by Crippen LogP contribution is -2.26. The molecule has 1 heterocycles. The van der Waals surface area contributed by atoms with E-state index in [1.54, 1.807) is 61.1 Å². The Labute approximate surface area is 220 Å². The zero-order valence-electron chi connectivity index (χ0n) is 21.0. The first-order valence-corrected chi connectivity index (χ1v) is 14.2. The minimum Gasteiger partial charge on any atom is -0.375 e. The van der Waals surface area contributed by atoms with Gasteiger partial charge in [-0.1, -0.05) is 24.3 Å². The van der Waals surface area contributed by atoms with E-state index < -0.39 is 15.7 Å². The zero-order chi connectivity index (χ0) is 26.7. The van der Waals surface area contributed by atoms with Crippen LogP contribution in [0.4, 0.5) is 11.4 Å². The second kappa shape index (κ2) is 10.7. The standard InChI is InChI=1S/C27H28N4O4S2/c1-18-10-15-23(24(16-18)37(34,35)22-13-11-21(36-4)12-14-22)28-17-25(32)29-26-19(2)30(3)31(27(26)33)20-8-6-5-7-9-20/h5-16,28H,17H2,1-4H3,(H,29,32). The molecular formula is C27H28N4O4S2. The van der Waals surface area contributed by atoms with E-state index in [1.807, 2.05) is 43.5 Å². The van der Waals surface area contributed by atoms with Gasteiger partial charge in [-0.15, -0.1) is 11.8 Å². The molecule has 1 aromatic heterocycles. The lowest BCUT2D eigenvalue weighted by Gasteiger charge is -2.14. The van der Waals surface area contributed by atoms with Crippen LogP contribution in [0.3, 0.4) is 0 Å². The highest BCUT2D eigenvalue weighted by atomic mass is 32.2. The fourth-order valence-corrected chi connectivity index (χ4v) is 5.88. The number of carbonyl (C=O) groups is 1. The second-order valence-corrected chi connectivity index (χ2v) is 11.3. The summed E-state index contributed by atoms with van der Waals surface area (Å²) in [7, 11) is -2.09. The molecule has 0 aliphatic rings. The summed E-state index contributed by atoms with van der Waals surface area (Å²) in [5.41, 5.74) is 2.17. The molecule has 1 amide bonds. The van der Waals surface area contributed by atoms with E-state index in [2.05, 4.69) is 10.6 Å². The summed E-state index contributed by atoms with van der Waals surface area (Å²) in [6, 6.07) is 20.8. The third-order valence-corrected chi connectivity index (χ3v) is 8.61. The topological polar surface area (TPSA) is 102 Å². The van der Waals surface area contributed by atoms with Gasteiger partial charge in [-0.25, -0.2) is 13.1 Å². The first-order chi connectivity index (χ1) is 17.6. The van der Waals surface area contributed by atoms with Crippen molar-refractivity contribution < 1.29 is 13.2 Å². The van der Waals surface area contributed by atoms with Gasteiger partial charge in [-0.2, -0.15) is 0 Å². The Morgan fingerprint density at radius 3 is 2.30 bits per heavy atom. The van der Waals surface area contributed by atoms with E-state index in [0.717, 1.165) is 10.5 Å². The van der Waals surface area contributed by atoms with Crippen molar-refractivity contribution in [3.8, 4) is 5.69 Å². The van der Waals surface area contributed by atoms with Crippen molar-refractivity contribution in [3.05, 3.63) is 94.4 Å². The van der Waals surface area contributed by atoms with Crippen LogP contribution in [0.15, 0.2) is 92.3 Å². The highest BCUT2D eigenvalue weighted by Gasteiger charge is 2.23. The maximum atomic E-state index is 13.4. The molecule has 2 N–H and O–H groups in total. The Bertz CT molecular complexity index is 1610. The van der Waals surface area contributed by atoms with Gasteiger partial charge in [0.2, 0.25) is 15.7 Å². The predicted octanol–water partition coefficient (Wildman–Crippen LogP) is 4.40. The van der Waals surface area contributed by atoms with Crippen LogP contribution in [0.25, 0.3) is 5.69 Å². The molecule has 0 spiro atoms. The van der Waals surface area contributed by atoms with E-state index in [9.17, 15) is 18.0 Å². The van der Waals surface area contributed by atoms with Crippen molar-refractivity contribution in [3.63, 3.8) is 0 Å². The zero-order valence-corrected chi connectivity index (χ0v) is 22.6. The van der Waals surface area contributed by atoms with Crippen molar-refractivity contribution in [1.29, 1.82) is 0 Å². The molecule has 8 nitrogen and oxygen atoms in total. The number of para-hydroxylation sites is 1. The van der Waals surface area contributed by atoms with E-state index in [4.69, 9.17) is 0 Å². The molecule has 0 saturated carbocycles. The maximum absolute atomic E-state index is 13.4. The number of rotatable bonds is 8. The highest BCUT2D eigenvalue weighted by Crippen LogP contribution is 2.30. The molecule has 37 heavy (non-hydrogen) atoms. The molecular weight excluding hydrogens is 508 g/mol. The number of nitrogens with zero attached hydrogens (tertiary/aromatic N) is 2. The number of benzene rings is 3. The van der Waals surface area contributed by atoms with Crippen molar-refractivity contribution in [2.75, 3.05) is 23.4 Å². The molecule has 0 unspecified atom stereocenters. The lowest BCUT2D eigenvalue weighted by atomic mass is 10.2. The number of thioether (sulfide) groups is 1. The Morgan fingerprint density at radius 2 is 1.65 bits per heavy atom. The van der Waals surface area contributed by atoms with E-state index in [0.29, 0.717) is 17.1 Å². The Morgan fingerprint density at radius 1 is 0.973 bits per heavy atom. The van der Waals surface area contributed by atoms with Crippen molar-refractivity contribution in [1.82, 2.24) is 9.36 Å². The number of amides is 1. The van der Waals surface area contributed by atoms with Gasteiger partial charge in [0.05, 0.1) is 33.4 Å². The van der Waals surface area contributed by atoms with Gasteiger partial charge >= 0.3 is 0 Å². The van der Waals surface area contributed by atoms with Crippen LogP contribution < -0.4 is 16.2 Å². The van der Waals surface area contributed by atoms with Crippen LogP contribution in [0.5, 0.6) is 0 Å². The van der Waals surface area contributed by atoms with Gasteiger partial charge in [-0.05, 0) is 74.2 Å². The number of aromatic nitrogens is 2. The number of hydrogen-bond donors (Lipinski definition) is 2. The van der Waals surface area contributed by atoms with Gasteiger partial charge < -0.3 is 10.6 Å². The van der Waals surface area contributed by atoms with Crippen LogP contribution in [0, 0.1) is 13.8 Å². The fraction of sp³-hybridized carbons (Fsp3) is 0.185. The number of aryl methyl sites for hydroxylation is 1. The molecule has 0 aliphatic carbocycles. The van der Waals surface area contributed by atoms with Gasteiger partial charge in [0.15, 0.2) is 0 Å². The molecule has 0 atom stereocenters. The molecule has 3 aromatic carbocycles. The van der Waals surface area contributed by atoms with Crippen LogP contribution in [0.2, 0.25) is 0 Å². The molecule has 10 heteroatoms. The van der Waals surface area contributed by atoms with Crippen LogP contribution >= 0.6 is 11.8 Å². The normalized spacial score (nSPS) is 11.4. The number of nitrogens with one attached hydrogen (secondary N) is 2. The summed E-state index contributed by atoms with van der Waals surface area (Å²) in [5, 5.41) is 5.63.